The average Bonchev–Trinajstić information content (AvgIpc) is 3.23. The highest BCUT2D eigenvalue weighted by Gasteiger charge is 2.40. The molecule has 3 nitrogen and oxygen atoms in total. The zero-order valence-corrected chi connectivity index (χ0v) is 11.6. The van der Waals surface area contributed by atoms with E-state index in [1.165, 1.54) is 23.8 Å². The highest BCUT2D eigenvalue weighted by molar-refractivity contribution is 5.78. The highest BCUT2D eigenvalue weighted by atomic mass is 16.5. The van der Waals surface area contributed by atoms with Gasteiger partial charge in [-0.3, -0.25) is 4.98 Å². The van der Waals surface area contributed by atoms with Crippen molar-refractivity contribution < 1.29 is 4.74 Å². The summed E-state index contributed by atoms with van der Waals surface area (Å²) in [5.41, 5.74) is 2.39. The molecule has 2 atom stereocenters. The number of benzene rings is 1. The smallest absolute Gasteiger partial charge is 0.0757 e. The lowest BCUT2D eigenvalue weighted by Gasteiger charge is -2.19. The fourth-order valence-corrected chi connectivity index (χ4v) is 3.20. The van der Waals surface area contributed by atoms with Crippen LogP contribution in [-0.4, -0.2) is 23.7 Å². The van der Waals surface area contributed by atoms with Crippen LogP contribution in [0.1, 0.15) is 24.8 Å². The number of pyridine rings is 1. The van der Waals surface area contributed by atoms with Gasteiger partial charge in [0.2, 0.25) is 0 Å². The molecule has 2 aromatic rings. The van der Waals surface area contributed by atoms with Crippen molar-refractivity contribution in [3.05, 3.63) is 42.1 Å². The molecule has 4 rings (SSSR count). The Morgan fingerprint density at radius 2 is 2.15 bits per heavy atom. The minimum atomic E-state index is 0.456. The van der Waals surface area contributed by atoms with Gasteiger partial charge < -0.3 is 10.1 Å². The van der Waals surface area contributed by atoms with Crippen LogP contribution in [-0.2, 0) is 11.3 Å². The van der Waals surface area contributed by atoms with Crippen LogP contribution in [0.3, 0.4) is 0 Å². The van der Waals surface area contributed by atoms with Crippen molar-refractivity contribution in [3.63, 3.8) is 0 Å². The standard InChI is InChI=1S/C17H20N2O/c1-2-14-10-12(3-6-15(14)18-8-1)11-19-16-7-9-20-17(16)13-4-5-13/h1-3,6,8,10,13,16-17,19H,4-5,7,9,11H2. The molecule has 2 heterocycles. The van der Waals surface area contributed by atoms with E-state index < -0.39 is 0 Å². The molecule has 0 radical (unpaired) electrons. The summed E-state index contributed by atoms with van der Waals surface area (Å²) in [6, 6.07) is 11.2. The summed E-state index contributed by atoms with van der Waals surface area (Å²) in [6.07, 6.45) is 6.15. The number of rotatable bonds is 4. The van der Waals surface area contributed by atoms with E-state index in [0.717, 1.165) is 31.0 Å². The topological polar surface area (TPSA) is 34.2 Å². The summed E-state index contributed by atoms with van der Waals surface area (Å²) in [7, 11) is 0. The molecule has 1 saturated carbocycles. The molecule has 0 amide bonds. The van der Waals surface area contributed by atoms with Crippen molar-refractivity contribution >= 4 is 10.9 Å². The number of aromatic nitrogens is 1. The van der Waals surface area contributed by atoms with Crippen LogP contribution < -0.4 is 5.32 Å². The molecule has 1 aliphatic heterocycles. The number of ether oxygens (including phenoxy) is 1. The molecule has 1 saturated heterocycles. The molecule has 0 spiro atoms. The molecule has 1 aromatic heterocycles. The predicted octanol–water partition coefficient (Wildman–Crippen LogP) is 2.89. The van der Waals surface area contributed by atoms with E-state index in [2.05, 4.69) is 34.6 Å². The molecule has 20 heavy (non-hydrogen) atoms. The molecule has 2 unspecified atom stereocenters. The van der Waals surface area contributed by atoms with Crippen molar-refractivity contribution in [2.45, 2.75) is 38.0 Å². The fraction of sp³-hybridized carbons (Fsp3) is 0.471. The number of fused-ring (bicyclic) bond motifs is 1. The lowest BCUT2D eigenvalue weighted by atomic mass is 10.1. The zero-order valence-electron chi connectivity index (χ0n) is 11.6. The van der Waals surface area contributed by atoms with E-state index in [1.807, 2.05) is 12.3 Å². The largest absolute Gasteiger partial charge is 0.376 e. The fourth-order valence-electron chi connectivity index (χ4n) is 3.20. The molecule has 2 aliphatic rings. The Balaban J connectivity index is 1.44. The first-order chi connectivity index (χ1) is 9.90. The predicted molar refractivity (Wildman–Crippen MR) is 79.5 cm³/mol. The number of hydrogen-bond acceptors (Lipinski definition) is 3. The summed E-state index contributed by atoms with van der Waals surface area (Å²) in [6.45, 7) is 1.84. The first-order valence-electron chi connectivity index (χ1n) is 7.59. The monoisotopic (exact) mass is 268 g/mol. The second kappa shape index (κ2) is 5.15. The molecule has 1 aliphatic carbocycles. The second-order valence-electron chi connectivity index (χ2n) is 5.98. The summed E-state index contributed by atoms with van der Waals surface area (Å²) >= 11 is 0. The van der Waals surface area contributed by atoms with E-state index in [4.69, 9.17) is 4.74 Å². The Morgan fingerprint density at radius 1 is 1.20 bits per heavy atom. The van der Waals surface area contributed by atoms with Crippen LogP contribution in [0.4, 0.5) is 0 Å². The third-order valence-corrected chi connectivity index (χ3v) is 4.46. The van der Waals surface area contributed by atoms with Gasteiger partial charge in [-0.2, -0.15) is 0 Å². The molecule has 1 N–H and O–H groups in total. The van der Waals surface area contributed by atoms with Gasteiger partial charge in [-0.25, -0.2) is 0 Å². The Labute approximate surface area is 119 Å². The average molecular weight is 268 g/mol. The van der Waals surface area contributed by atoms with Crippen molar-refractivity contribution in [1.29, 1.82) is 0 Å². The van der Waals surface area contributed by atoms with Crippen molar-refractivity contribution in [2.75, 3.05) is 6.61 Å². The Kier molecular flexibility index (Phi) is 3.17. The molecule has 2 fully saturated rings. The first-order valence-corrected chi connectivity index (χ1v) is 7.59. The van der Waals surface area contributed by atoms with Crippen LogP contribution in [0.15, 0.2) is 36.5 Å². The SMILES string of the molecule is c1cnc2ccc(CNC3CCOC3C3CC3)cc2c1. The van der Waals surface area contributed by atoms with Gasteiger partial charge in [0, 0.05) is 30.8 Å². The third-order valence-electron chi connectivity index (χ3n) is 4.46. The Bertz CT molecular complexity index is 609. The number of nitrogens with one attached hydrogen (secondary N) is 1. The summed E-state index contributed by atoms with van der Waals surface area (Å²) in [5.74, 6) is 0.816. The van der Waals surface area contributed by atoms with E-state index in [0.29, 0.717) is 12.1 Å². The van der Waals surface area contributed by atoms with Crippen LogP contribution >= 0.6 is 0 Å². The molecule has 0 bridgehead atoms. The maximum Gasteiger partial charge on any atom is 0.0757 e. The summed E-state index contributed by atoms with van der Waals surface area (Å²) in [5, 5.41) is 4.90. The van der Waals surface area contributed by atoms with Crippen molar-refractivity contribution in [1.82, 2.24) is 10.3 Å². The van der Waals surface area contributed by atoms with Crippen LogP contribution in [0.2, 0.25) is 0 Å². The Morgan fingerprint density at radius 3 is 3.05 bits per heavy atom. The van der Waals surface area contributed by atoms with E-state index in [9.17, 15) is 0 Å². The van der Waals surface area contributed by atoms with Crippen LogP contribution in [0.25, 0.3) is 10.9 Å². The molecule has 1 aromatic carbocycles. The number of nitrogens with zero attached hydrogens (tertiary/aromatic N) is 1. The second-order valence-corrected chi connectivity index (χ2v) is 5.98. The van der Waals surface area contributed by atoms with Gasteiger partial charge >= 0.3 is 0 Å². The summed E-state index contributed by atoms with van der Waals surface area (Å²) in [4.78, 5) is 4.36. The van der Waals surface area contributed by atoms with Gasteiger partial charge in [0.15, 0.2) is 0 Å². The van der Waals surface area contributed by atoms with Gasteiger partial charge in [0.05, 0.1) is 11.6 Å². The van der Waals surface area contributed by atoms with Crippen molar-refractivity contribution in [3.8, 4) is 0 Å². The molecule has 104 valence electrons. The van der Waals surface area contributed by atoms with E-state index in [-0.39, 0.29) is 0 Å². The van der Waals surface area contributed by atoms with Crippen LogP contribution in [0, 0.1) is 5.92 Å². The van der Waals surface area contributed by atoms with Gasteiger partial charge in [-0.1, -0.05) is 12.1 Å². The maximum atomic E-state index is 5.88. The minimum absolute atomic E-state index is 0.456. The van der Waals surface area contributed by atoms with Crippen molar-refractivity contribution in [2.24, 2.45) is 5.92 Å². The summed E-state index contributed by atoms with van der Waals surface area (Å²) < 4.78 is 5.88. The quantitative estimate of drug-likeness (QED) is 0.926. The minimum Gasteiger partial charge on any atom is -0.376 e. The highest BCUT2D eigenvalue weighted by Crippen LogP contribution is 2.38. The van der Waals surface area contributed by atoms with Gasteiger partial charge in [-0.05, 0) is 48.9 Å². The Hall–Kier alpha value is -1.45. The first kappa shape index (κ1) is 12.3. The molecular formula is C17H20N2O. The van der Waals surface area contributed by atoms with Gasteiger partial charge in [0.25, 0.3) is 0 Å². The zero-order chi connectivity index (χ0) is 13.4. The third kappa shape index (κ3) is 2.43. The number of hydrogen-bond donors (Lipinski definition) is 1. The van der Waals surface area contributed by atoms with Crippen LogP contribution in [0.5, 0.6) is 0 Å². The van der Waals surface area contributed by atoms with E-state index in [1.54, 1.807) is 0 Å². The molecular weight excluding hydrogens is 248 g/mol. The van der Waals surface area contributed by atoms with Gasteiger partial charge in [-0.15, -0.1) is 0 Å². The lowest BCUT2D eigenvalue weighted by molar-refractivity contribution is 0.0809. The maximum absolute atomic E-state index is 5.88. The van der Waals surface area contributed by atoms with E-state index >= 15 is 0 Å². The normalized spacial score (nSPS) is 26.2. The molecule has 3 heteroatoms. The lowest BCUT2D eigenvalue weighted by Crippen LogP contribution is -2.37. The van der Waals surface area contributed by atoms with Gasteiger partial charge in [0.1, 0.15) is 0 Å².